The van der Waals surface area contributed by atoms with Crippen LogP contribution in [-0.4, -0.2) is 64.8 Å². The van der Waals surface area contributed by atoms with Crippen molar-refractivity contribution < 1.29 is 23.0 Å². The number of hydrogen-bond donors (Lipinski definition) is 1. The molecule has 0 aliphatic carbocycles. The van der Waals surface area contributed by atoms with Crippen molar-refractivity contribution >= 4 is 11.9 Å². The van der Waals surface area contributed by atoms with Gasteiger partial charge < -0.3 is 19.7 Å². The molecule has 0 saturated carbocycles. The number of alkyl halides is 2. The zero-order chi connectivity index (χ0) is 21.1. The maximum Gasteiger partial charge on any atom is 0.260 e. The maximum atomic E-state index is 13.5. The van der Waals surface area contributed by atoms with Crippen LogP contribution in [-0.2, 0) is 4.79 Å². The Hall–Kier alpha value is -2.91. The highest BCUT2D eigenvalue weighted by atomic mass is 19.3. The van der Waals surface area contributed by atoms with Crippen LogP contribution in [0, 0.1) is 5.92 Å². The second kappa shape index (κ2) is 8.85. The number of likely N-dealkylation sites (tertiary alicyclic amines) is 1. The third-order valence-electron chi connectivity index (χ3n) is 5.79. The average molecular weight is 421 g/mol. The van der Waals surface area contributed by atoms with Gasteiger partial charge >= 0.3 is 0 Å². The molecule has 2 aliphatic heterocycles. The zero-order valence-electron chi connectivity index (χ0n) is 16.7. The highest BCUT2D eigenvalue weighted by molar-refractivity contribution is 5.77. The number of carbonyl (C=O) groups excluding carboxylic acids is 1. The van der Waals surface area contributed by atoms with Crippen LogP contribution in [0.4, 0.5) is 14.7 Å². The molecule has 10 heteroatoms. The molecule has 1 saturated heterocycles. The second-order valence-electron chi connectivity index (χ2n) is 7.62. The molecular weight excluding hydrogens is 396 g/mol. The van der Waals surface area contributed by atoms with Crippen molar-refractivity contribution in [2.24, 2.45) is 5.92 Å². The summed E-state index contributed by atoms with van der Waals surface area (Å²) in [5.41, 5.74) is 0. The number of amides is 1. The summed E-state index contributed by atoms with van der Waals surface area (Å²) in [5, 5.41) is 7.15. The first-order valence-electron chi connectivity index (χ1n) is 10.0. The first kappa shape index (κ1) is 20.4. The molecule has 2 aromatic rings. The van der Waals surface area contributed by atoms with Crippen LogP contribution in [0.2, 0.25) is 0 Å². The van der Waals surface area contributed by atoms with Crippen LogP contribution in [0.3, 0.4) is 0 Å². The van der Waals surface area contributed by atoms with Gasteiger partial charge in [-0.2, -0.15) is 10.1 Å². The quantitative estimate of drug-likeness (QED) is 0.772. The monoisotopic (exact) mass is 421 g/mol. The molecule has 0 unspecified atom stereocenters. The predicted molar refractivity (Wildman–Crippen MR) is 105 cm³/mol. The summed E-state index contributed by atoms with van der Waals surface area (Å²) in [5.74, 6) is 1.62. The largest absolute Gasteiger partial charge is 0.497 e. The van der Waals surface area contributed by atoms with Crippen molar-refractivity contribution in [3.05, 3.63) is 30.6 Å². The van der Waals surface area contributed by atoms with E-state index in [1.165, 1.54) is 11.0 Å². The van der Waals surface area contributed by atoms with Crippen LogP contribution in [0.5, 0.6) is 11.5 Å². The molecule has 1 aromatic heterocycles. The van der Waals surface area contributed by atoms with Gasteiger partial charge in [0, 0.05) is 19.1 Å². The number of aromatic nitrogens is 3. The van der Waals surface area contributed by atoms with E-state index in [4.69, 9.17) is 9.47 Å². The minimum atomic E-state index is -2.52. The Labute approximate surface area is 173 Å². The van der Waals surface area contributed by atoms with Crippen molar-refractivity contribution in [2.45, 2.75) is 37.8 Å². The van der Waals surface area contributed by atoms with Gasteiger partial charge in [-0.3, -0.25) is 4.79 Å². The number of hydrogen-bond acceptors (Lipinski definition) is 6. The fourth-order valence-electron chi connectivity index (χ4n) is 4.17. The molecule has 1 N–H and O–H groups in total. The van der Waals surface area contributed by atoms with E-state index >= 15 is 0 Å². The SMILES string of the molecule is COc1ccc(OCC(=O)N2CCC[C@H]([C@@H]3C[C@H](C(F)F)n4ncnc4N3)C2)cc1. The molecule has 0 radical (unpaired) electrons. The van der Waals surface area contributed by atoms with Crippen molar-refractivity contribution in [1.82, 2.24) is 19.7 Å². The van der Waals surface area contributed by atoms with Gasteiger partial charge in [0.1, 0.15) is 23.9 Å². The van der Waals surface area contributed by atoms with Gasteiger partial charge in [-0.05, 0) is 49.4 Å². The van der Waals surface area contributed by atoms with Crippen LogP contribution >= 0.6 is 0 Å². The number of ether oxygens (including phenoxy) is 2. The number of nitrogens with one attached hydrogen (secondary N) is 1. The molecule has 0 bridgehead atoms. The van der Waals surface area contributed by atoms with Crippen LogP contribution in [0.25, 0.3) is 0 Å². The molecule has 162 valence electrons. The highest BCUT2D eigenvalue weighted by Gasteiger charge is 2.39. The average Bonchev–Trinajstić information content (AvgIpc) is 3.25. The summed E-state index contributed by atoms with van der Waals surface area (Å²) in [6.45, 7) is 1.08. The normalized spacial score (nSPS) is 23.6. The smallest absolute Gasteiger partial charge is 0.260 e. The molecule has 1 fully saturated rings. The maximum absolute atomic E-state index is 13.5. The molecular formula is C20H25F2N5O3. The van der Waals surface area contributed by atoms with Gasteiger partial charge in [0.05, 0.1) is 7.11 Å². The Balaban J connectivity index is 1.35. The minimum absolute atomic E-state index is 0.0644. The summed E-state index contributed by atoms with van der Waals surface area (Å²) in [6.07, 6.45) is 0.707. The lowest BCUT2D eigenvalue weighted by atomic mass is 9.86. The van der Waals surface area contributed by atoms with E-state index in [9.17, 15) is 13.6 Å². The van der Waals surface area contributed by atoms with Gasteiger partial charge in [0.15, 0.2) is 6.61 Å². The summed E-state index contributed by atoms with van der Waals surface area (Å²) >= 11 is 0. The number of rotatable bonds is 6. The second-order valence-corrected chi connectivity index (χ2v) is 7.62. The number of piperidine rings is 1. The number of fused-ring (bicyclic) bond motifs is 1. The number of halogens is 2. The number of benzene rings is 1. The number of carbonyl (C=O) groups is 1. The van der Waals surface area contributed by atoms with Gasteiger partial charge in [0.25, 0.3) is 12.3 Å². The molecule has 3 heterocycles. The lowest BCUT2D eigenvalue weighted by molar-refractivity contribution is -0.135. The predicted octanol–water partition coefficient (Wildman–Crippen LogP) is 2.59. The highest BCUT2D eigenvalue weighted by Crippen LogP contribution is 2.35. The van der Waals surface area contributed by atoms with Crippen molar-refractivity contribution in [1.29, 1.82) is 0 Å². The fourth-order valence-corrected chi connectivity index (χ4v) is 4.17. The van der Waals surface area contributed by atoms with Gasteiger partial charge in [-0.15, -0.1) is 0 Å². The van der Waals surface area contributed by atoms with E-state index in [1.54, 1.807) is 36.3 Å². The van der Waals surface area contributed by atoms with Crippen molar-refractivity contribution in [2.75, 3.05) is 32.1 Å². The number of anilines is 1. The Kier molecular flexibility index (Phi) is 6.01. The Morgan fingerprint density at radius 2 is 2.07 bits per heavy atom. The summed E-state index contributed by atoms with van der Waals surface area (Å²) < 4.78 is 39.0. The first-order chi connectivity index (χ1) is 14.5. The topological polar surface area (TPSA) is 81.5 Å². The zero-order valence-corrected chi connectivity index (χ0v) is 16.7. The van der Waals surface area contributed by atoms with Crippen molar-refractivity contribution in [3.8, 4) is 11.5 Å². The van der Waals surface area contributed by atoms with Gasteiger partial charge in [-0.25, -0.2) is 13.5 Å². The molecule has 3 atom stereocenters. The van der Waals surface area contributed by atoms with E-state index in [0.717, 1.165) is 12.8 Å². The Morgan fingerprint density at radius 3 is 2.80 bits per heavy atom. The van der Waals surface area contributed by atoms with Gasteiger partial charge in [-0.1, -0.05) is 0 Å². The van der Waals surface area contributed by atoms with E-state index in [0.29, 0.717) is 30.5 Å². The van der Waals surface area contributed by atoms with Crippen LogP contribution in [0.1, 0.15) is 25.3 Å². The molecule has 2 aliphatic rings. The van der Waals surface area contributed by atoms with Crippen LogP contribution < -0.4 is 14.8 Å². The molecule has 1 aromatic carbocycles. The number of methoxy groups -OCH3 is 1. The summed E-state index contributed by atoms with van der Waals surface area (Å²) in [6, 6.07) is 5.85. The van der Waals surface area contributed by atoms with Crippen molar-refractivity contribution in [3.63, 3.8) is 0 Å². The third-order valence-corrected chi connectivity index (χ3v) is 5.79. The van der Waals surface area contributed by atoms with Crippen LogP contribution in [0.15, 0.2) is 30.6 Å². The standard InChI is InChI=1S/C20H25F2N5O3/c1-29-14-4-6-15(7-5-14)30-11-18(28)26-8-2-3-13(10-26)16-9-17(19(21)22)27-20(25-16)23-12-24-27/h4-7,12-13,16-17,19H,2-3,8-11H2,1H3,(H,23,24,25)/t13-,16-,17+/m0/s1. The lowest BCUT2D eigenvalue weighted by Gasteiger charge is -2.40. The van der Waals surface area contributed by atoms with E-state index in [-0.39, 0.29) is 30.9 Å². The Bertz CT molecular complexity index is 860. The first-order valence-corrected chi connectivity index (χ1v) is 10.0. The minimum Gasteiger partial charge on any atom is -0.497 e. The van der Waals surface area contributed by atoms with E-state index in [1.807, 2.05) is 0 Å². The van der Waals surface area contributed by atoms with E-state index in [2.05, 4.69) is 15.4 Å². The third kappa shape index (κ3) is 4.31. The fraction of sp³-hybridized carbons (Fsp3) is 0.550. The molecule has 30 heavy (non-hydrogen) atoms. The molecule has 0 spiro atoms. The van der Waals surface area contributed by atoms with E-state index < -0.39 is 12.5 Å². The molecule has 4 rings (SSSR count). The molecule has 1 amide bonds. The summed E-state index contributed by atoms with van der Waals surface area (Å²) in [7, 11) is 1.58. The number of nitrogens with zero attached hydrogens (tertiary/aromatic N) is 4. The summed E-state index contributed by atoms with van der Waals surface area (Å²) in [4.78, 5) is 18.5. The Morgan fingerprint density at radius 1 is 1.30 bits per heavy atom. The molecule has 8 nitrogen and oxygen atoms in total. The lowest BCUT2D eigenvalue weighted by Crippen LogP contribution is -2.49. The van der Waals surface area contributed by atoms with Gasteiger partial charge in [0.2, 0.25) is 5.95 Å².